The van der Waals surface area contributed by atoms with Crippen LogP contribution in [0.3, 0.4) is 0 Å². The largest absolute Gasteiger partial charge is 0.323 e. The van der Waals surface area contributed by atoms with Gasteiger partial charge in [0, 0.05) is 12.1 Å². The van der Waals surface area contributed by atoms with Crippen LogP contribution in [-0.4, -0.2) is 24.0 Å². The van der Waals surface area contributed by atoms with E-state index in [9.17, 15) is 0 Å². The van der Waals surface area contributed by atoms with E-state index in [-0.39, 0.29) is 6.04 Å². The summed E-state index contributed by atoms with van der Waals surface area (Å²) in [5.41, 5.74) is 9.01. The first kappa shape index (κ1) is 15.2. The summed E-state index contributed by atoms with van der Waals surface area (Å²) >= 11 is 0. The summed E-state index contributed by atoms with van der Waals surface area (Å²) in [5, 5.41) is 0. The van der Waals surface area contributed by atoms with E-state index in [1.54, 1.807) is 0 Å². The minimum absolute atomic E-state index is 0.0995. The lowest BCUT2D eigenvalue weighted by molar-refractivity contribution is 0.194. The molecule has 1 aromatic rings. The number of rotatable bonds is 7. The molecule has 2 N–H and O–H groups in total. The highest BCUT2D eigenvalue weighted by Crippen LogP contribution is 2.19. The van der Waals surface area contributed by atoms with Gasteiger partial charge in [0.1, 0.15) is 0 Å². The van der Waals surface area contributed by atoms with Gasteiger partial charge in [0.2, 0.25) is 0 Å². The van der Waals surface area contributed by atoms with Gasteiger partial charge >= 0.3 is 0 Å². The Morgan fingerprint density at radius 3 is 2.17 bits per heavy atom. The third kappa shape index (κ3) is 3.82. The lowest BCUT2D eigenvalue weighted by Gasteiger charge is -2.32. The third-order valence-corrected chi connectivity index (χ3v) is 3.79. The van der Waals surface area contributed by atoms with E-state index in [1.165, 1.54) is 17.5 Å². The van der Waals surface area contributed by atoms with Gasteiger partial charge in [-0.2, -0.15) is 0 Å². The molecule has 0 aromatic heterocycles. The third-order valence-electron chi connectivity index (χ3n) is 3.79. The van der Waals surface area contributed by atoms with Crippen molar-refractivity contribution in [2.24, 2.45) is 5.73 Å². The summed E-state index contributed by atoms with van der Waals surface area (Å²) in [5.74, 6) is 0. The average molecular weight is 248 g/mol. The molecular weight excluding hydrogens is 220 g/mol. The van der Waals surface area contributed by atoms with Crippen molar-refractivity contribution in [3.05, 3.63) is 35.4 Å². The maximum absolute atomic E-state index is 6.40. The molecule has 2 unspecified atom stereocenters. The van der Waals surface area contributed by atoms with Crippen LogP contribution < -0.4 is 5.73 Å². The Morgan fingerprint density at radius 2 is 1.72 bits per heavy atom. The monoisotopic (exact) mass is 248 g/mol. The van der Waals surface area contributed by atoms with Crippen LogP contribution in [0.4, 0.5) is 0 Å². The summed E-state index contributed by atoms with van der Waals surface area (Å²) in [7, 11) is 0. The van der Waals surface area contributed by atoms with Gasteiger partial charge in [-0.1, -0.05) is 45.0 Å². The van der Waals surface area contributed by atoms with Crippen molar-refractivity contribution in [1.29, 1.82) is 0 Å². The topological polar surface area (TPSA) is 29.3 Å². The van der Waals surface area contributed by atoms with E-state index in [4.69, 9.17) is 5.73 Å². The van der Waals surface area contributed by atoms with Gasteiger partial charge in [-0.3, -0.25) is 4.90 Å². The average Bonchev–Trinajstić information content (AvgIpc) is 2.43. The van der Waals surface area contributed by atoms with Crippen LogP contribution in [0.15, 0.2) is 24.3 Å². The highest BCUT2D eigenvalue weighted by Gasteiger charge is 2.19. The lowest BCUT2D eigenvalue weighted by atomic mass is 9.98. The Labute approximate surface area is 112 Å². The van der Waals surface area contributed by atoms with E-state index in [2.05, 4.69) is 56.9 Å². The number of nitrogens with zero attached hydrogens (tertiary/aromatic N) is 1. The number of hydrogen-bond donors (Lipinski definition) is 1. The van der Waals surface area contributed by atoms with Crippen molar-refractivity contribution in [3.8, 4) is 0 Å². The fourth-order valence-corrected chi connectivity index (χ4v) is 2.42. The molecule has 0 saturated carbocycles. The Kier molecular flexibility index (Phi) is 6.37. The van der Waals surface area contributed by atoms with E-state index in [0.29, 0.717) is 6.04 Å². The summed E-state index contributed by atoms with van der Waals surface area (Å²) in [4.78, 5) is 2.46. The second-order valence-electron chi connectivity index (χ2n) is 4.99. The molecule has 1 aromatic carbocycles. The van der Waals surface area contributed by atoms with Gasteiger partial charge in [-0.15, -0.1) is 0 Å². The highest BCUT2D eigenvalue weighted by molar-refractivity contribution is 5.25. The highest BCUT2D eigenvalue weighted by atomic mass is 15.2. The zero-order valence-corrected chi connectivity index (χ0v) is 12.3. The van der Waals surface area contributed by atoms with Gasteiger partial charge < -0.3 is 5.73 Å². The number of nitrogens with two attached hydrogens (primary N) is 1. The molecule has 0 aliphatic rings. The number of likely N-dealkylation sites (N-methyl/N-ethyl adjacent to an activating group) is 1. The fraction of sp³-hybridized carbons (Fsp3) is 0.625. The minimum Gasteiger partial charge on any atom is -0.323 e. The van der Waals surface area contributed by atoms with Gasteiger partial charge in [0.25, 0.3) is 0 Å². The molecule has 2 atom stereocenters. The molecule has 102 valence electrons. The Bertz CT molecular complexity index is 331. The number of aryl methyl sites for hydroxylation is 1. The van der Waals surface area contributed by atoms with Crippen molar-refractivity contribution >= 4 is 0 Å². The Balaban J connectivity index is 2.74. The second-order valence-corrected chi connectivity index (χ2v) is 4.99. The molecule has 2 nitrogen and oxygen atoms in total. The summed E-state index contributed by atoms with van der Waals surface area (Å²) in [6.07, 6.45) is 2.27. The van der Waals surface area contributed by atoms with Crippen molar-refractivity contribution in [3.63, 3.8) is 0 Å². The van der Waals surface area contributed by atoms with Crippen LogP contribution in [0.25, 0.3) is 0 Å². The number of benzene rings is 1. The molecule has 0 aliphatic carbocycles. The van der Waals surface area contributed by atoms with Crippen LogP contribution in [0.1, 0.15) is 51.3 Å². The van der Waals surface area contributed by atoms with Crippen molar-refractivity contribution in [2.45, 2.75) is 52.6 Å². The van der Waals surface area contributed by atoms with E-state index >= 15 is 0 Å². The Hall–Kier alpha value is -0.860. The molecule has 0 aliphatic heterocycles. The first-order valence-electron chi connectivity index (χ1n) is 7.22. The molecule has 2 heteroatoms. The SMILES string of the molecule is CCCN(CC)C(C)C(N)c1ccc(CC)cc1. The predicted molar refractivity (Wildman–Crippen MR) is 79.7 cm³/mol. The smallest absolute Gasteiger partial charge is 0.0450 e. The first-order chi connectivity index (χ1) is 8.63. The molecule has 0 heterocycles. The lowest BCUT2D eigenvalue weighted by Crippen LogP contribution is -2.41. The fourth-order valence-electron chi connectivity index (χ4n) is 2.42. The molecule has 18 heavy (non-hydrogen) atoms. The first-order valence-corrected chi connectivity index (χ1v) is 7.22. The van der Waals surface area contributed by atoms with Crippen LogP contribution in [0.5, 0.6) is 0 Å². The van der Waals surface area contributed by atoms with Crippen LogP contribution in [0, 0.1) is 0 Å². The molecule has 0 spiro atoms. The second kappa shape index (κ2) is 7.55. The maximum atomic E-state index is 6.40. The molecular formula is C16H28N2. The van der Waals surface area contributed by atoms with Crippen LogP contribution >= 0.6 is 0 Å². The predicted octanol–water partition coefficient (Wildman–Crippen LogP) is 3.37. The van der Waals surface area contributed by atoms with Crippen molar-refractivity contribution < 1.29 is 0 Å². The molecule has 0 fully saturated rings. The van der Waals surface area contributed by atoms with Gasteiger partial charge in [-0.05, 0) is 44.0 Å². The Morgan fingerprint density at radius 1 is 1.11 bits per heavy atom. The molecule has 0 radical (unpaired) electrons. The quantitative estimate of drug-likeness (QED) is 0.801. The molecule has 0 amide bonds. The van der Waals surface area contributed by atoms with Crippen LogP contribution in [-0.2, 0) is 6.42 Å². The van der Waals surface area contributed by atoms with E-state index < -0.39 is 0 Å². The summed E-state index contributed by atoms with van der Waals surface area (Å²) in [6, 6.07) is 9.24. The van der Waals surface area contributed by atoms with E-state index in [0.717, 1.165) is 19.5 Å². The standard InChI is InChI=1S/C16H28N2/c1-5-12-18(7-3)13(4)16(17)15-10-8-14(6-2)9-11-15/h8-11,13,16H,5-7,12,17H2,1-4H3. The molecule has 0 bridgehead atoms. The van der Waals surface area contributed by atoms with Gasteiger partial charge in [0.05, 0.1) is 0 Å². The van der Waals surface area contributed by atoms with Crippen molar-refractivity contribution in [1.82, 2.24) is 4.90 Å². The van der Waals surface area contributed by atoms with Gasteiger partial charge in [-0.25, -0.2) is 0 Å². The zero-order valence-electron chi connectivity index (χ0n) is 12.3. The van der Waals surface area contributed by atoms with Gasteiger partial charge in [0.15, 0.2) is 0 Å². The number of hydrogen-bond acceptors (Lipinski definition) is 2. The molecule has 0 saturated heterocycles. The van der Waals surface area contributed by atoms with Crippen LogP contribution in [0.2, 0.25) is 0 Å². The summed E-state index contributed by atoms with van der Waals surface area (Å²) in [6.45, 7) is 11.0. The molecule has 1 rings (SSSR count). The maximum Gasteiger partial charge on any atom is 0.0450 e. The summed E-state index contributed by atoms with van der Waals surface area (Å²) < 4.78 is 0. The van der Waals surface area contributed by atoms with Crippen molar-refractivity contribution in [2.75, 3.05) is 13.1 Å². The normalized spacial score (nSPS) is 14.8. The van der Waals surface area contributed by atoms with E-state index in [1.807, 2.05) is 0 Å². The zero-order chi connectivity index (χ0) is 13.5. The minimum atomic E-state index is 0.0995.